The second-order valence-electron chi connectivity index (χ2n) is 6.28. The Morgan fingerprint density at radius 1 is 1.17 bits per heavy atom. The van der Waals surface area contributed by atoms with Gasteiger partial charge in [0.2, 0.25) is 0 Å². The van der Waals surface area contributed by atoms with E-state index in [4.69, 9.17) is 4.74 Å². The number of amides is 1. The number of anilines is 1. The average molecular weight is 324 g/mol. The van der Waals surface area contributed by atoms with Crippen molar-refractivity contribution >= 4 is 33.3 Å². The summed E-state index contributed by atoms with van der Waals surface area (Å²) in [6.45, 7) is 4.35. The van der Waals surface area contributed by atoms with Crippen LogP contribution in [0.25, 0.3) is 22.0 Å². The van der Waals surface area contributed by atoms with Crippen LogP contribution in [-0.2, 0) is 4.74 Å². The lowest BCUT2D eigenvalue weighted by Gasteiger charge is -2.24. The number of thiazole rings is 1. The molecule has 0 unspecified atom stereocenters. The number of nitrogens with zero attached hydrogens (tertiary/aromatic N) is 2. The van der Waals surface area contributed by atoms with Gasteiger partial charge in [0.15, 0.2) is 5.13 Å². The normalized spacial score (nSPS) is 16.8. The molecule has 23 heavy (non-hydrogen) atoms. The Balaban J connectivity index is 1.73. The first kappa shape index (κ1) is 14.2. The second kappa shape index (κ2) is 5.06. The van der Waals surface area contributed by atoms with Crippen molar-refractivity contribution in [3.05, 3.63) is 47.8 Å². The Morgan fingerprint density at radius 2 is 1.96 bits per heavy atom. The van der Waals surface area contributed by atoms with E-state index in [9.17, 15) is 4.79 Å². The van der Waals surface area contributed by atoms with Crippen LogP contribution in [-0.4, -0.2) is 23.2 Å². The predicted molar refractivity (Wildman–Crippen MR) is 93.0 cm³/mol. The molecule has 0 radical (unpaired) electrons. The first-order chi connectivity index (χ1) is 11.0. The third-order valence-corrected chi connectivity index (χ3v) is 4.89. The highest BCUT2D eigenvalue weighted by Gasteiger charge is 2.42. The van der Waals surface area contributed by atoms with Crippen molar-refractivity contribution in [1.82, 2.24) is 4.98 Å². The number of aromatic nitrogens is 1. The van der Waals surface area contributed by atoms with E-state index in [1.165, 1.54) is 22.1 Å². The van der Waals surface area contributed by atoms with Crippen LogP contribution < -0.4 is 4.90 Å². The van der Waals surface area contributed by atoms with Crippen molar-refractivity contribution in [2.45, 2.75) is 19.4 Å². The van der Waals surface area contributed by atoms with Gasteiger partial charge >= 0.3 is 6.09 Å². The van der Waals surface area contributed by atoms with E-state index in [0.29, 0.717) is 11.7 Å². The summed E-state index contributed by atoms with van der Waals surface area (Å²) in [5.41, 5.74) is 1.57. The molecule has 4 rings (SSSR count). The molecule has 1 amide bonds. The van der Waals surface area contributed by atoms with Gasteiger partial charge in [0.1, 0.15) is 6.61 Å². The van der Waals surface area contributed by atoms with Crippen LogP contribution in [0.2, 0.25) is 0 Å². The van der Waals surface area contributed by atoms with Gasteiger partial charge in [-0.15, -0.1) is 11.3 Å². The molecule has 0 bridgehead atoms. The standard InChI is InChI=1S/C18H16N2O2S/c1-18(2)11-22-17(21)20(18)16-19-15(10-23-16)14-8-7-12-5-3-4-6-13(12)9-14/h3-10H,11H2,1-2H3. The lowest BCUT2D eigenvalue weighted by molar-refractivity contribution is 0.175. The van der Waals surface area contributed by atoms with Gasteiger partial charge in [-0.25, -0.2) is 14.7 Å². The number of ether oxygens (including phenoxy) is 1. The van der Waals surface area contributed by atoms with Crippen LogP contribution in [0.5, 0.6) is 0 Å². The minimum Gasteiger partial charge on any atom is -0.447 e. The second-order valence-corrected chi connectivity index (χ2v) is 7.12. The topological polar surface area (TPSA) is 42.4 Å². The van der Waals surface area contributed by atoms with E-state index in [0.717, 1.165) is 11.3 Å². The maximum absolute atomic E-state index is 12.0. The van der Waals surface area contributed by atoms with E-state index < -0.39 is 0 Å². The molecule has 0 saturated carbocycles. The van der Waals surface area contributed by atoms with E-state index in [1.807, 2.05) is 31.4 Å². The van der Waals surface area contributed by atoms with Crippen molar-refractivity contribution in [3.8, 4) is 11.3 Å². The molecule has 2 aromatic carbocycles. The molecule has 1 fully saturated rings. The summed E-state index contributed by atoms with van der Waals surface area (Å²) < 4.78 is 5.16. The Hall–Kier alpha value is -2.40. The first-order valence-electron chi connectivity index (χ1n) is 7.46. The molecule has 2 heterocycles. The number of carbonyl (C=O) groups is 1. The molecule has 116 valence electrons. The highest BCUT2D eigenvalue weighted by atomic mass is 32.1. The van der Waals surface area contributed by atoms with Gasteiger partial charge in [0.05, 0.1) is 11.2 Å². The van der Waals surface area contributed by atoms with E-state index in [2.05, 4.69) is 35.3 Å². The number of carbonyl (C=O) groups excluding carboxylic acids is 1. The molecule has 1 saturated heterocycles. The van der Waals surface area contributed by atoms with Crippen molar-refractivity contribution in [2.24, 2.45) is 0 Å². The Labute approximate surface area is 138 Å². The summed E-state index contributed by atoms with van der Waals surface area (Å²) in [4.78, 5) is 18.3. The summed E-state index contributed by atoms with van der Waals surface area (Å²) in [7, 11) is 0. The molecule has 4 nitrogen and oxygen atoms in total. The van der Waals surface area contributed by atoms with Gasteiger partial charge in [0.25, 0.3) is 0 Å². The van der Waals surface area contributed by atoms with Crippen molar-refractivity contribution < 1.29 is 9.53 Å². The van der Waals surface area contributed by atoms with Crippen molar-refractivity contribution in [3.63, 3.8) is 0 Å². The molecule has 0 spiro atoms. The molecule has 0 aliphatic carbocycles. The van der Waals surface area contributed by atoms with Crippen LogP contribution >= 0.6 is 11.3 Å². The zero-order chi connectivity index (χ0) is 16.0. The number of hydrogen-bond donors (Lipinski definition) is 0. The van der Waals surface area contributed by atoms with E-state index in [-0.39, 0.29) is 11.6 Å². The third-order valence-electron chi connectivity index (χ3n) is 4.07. The Kier molecular flexibility index (Phi) is 3.13. The number of hydrogen-bond acceptors (Lipinski definition) is 4. The number of cyclic esters (lactones) is 1. The molecule has 0 N–H and O–H groups in total. The quantitative estimate of drug-likeness (QED) is 0.686. The summed E-state index contributed by atoms with van der Waals surface area (Å²) in [6.07, 6.45) is -0.325. The summed E-state index contributed by atoms with van der Waals surface area (Å²) in [5, 5.41) is 5.05. The van der Waals surface area contributed by atoms with Gasteiger partial charge in [-0.2, -0.15) is 0 Å². The number of fused-ring (bicyclic) bond motifs is 1. The van der Waals surface area contributed by atoms with Gasteiger partial charge < -0.3 is 4.74 Å². The lowest BCUT2D eigenvalue weighted by atomic mass is 10.1. The maximum atomic E-state index is 12.0. The molecule has 1 aromatic heterocycles. The molecule has 1 aliphatic rings. The zero-order valence-corrected chi connectivity index (χ0v) is 13.8. The predicted octanol–water partition coefficient (Wildman–Crippen LogP) is 4.70. The third kappa shape index (κ3) is 2.37. The first-order valence-corrected chi connectivity index (χ1v) is 8.34. The lowest BCUT2D eigenvalue weighted by Crippen LogP contribution is -2.42. The highest BCUT2D eigenvalue weighted by molar-refractivity contribution is 7.14. The largest absolute Gasteiger partial charge is 0.447 e. The van der Waals surface area contributed by atoms with Crippen LogP contribution in [0, 0.1) is 0 Å². The van der Waals surface area contributed by atoms with Gasteiger partial charge in [0, 0.05) is 10.9 Å². The van der Waals surface area contributed by atoms with Crippen molar-refractivity contribution in [1.29, 1.82) is 0 Å². The van der Waals surface area contributed by atoms with E-state index in [1.54, 1.807) is 4.90 Å². The van der Waals surface area contributed by atoms with Crippen LogP contribution in [0.3, 0.4) is 0 Å². The molecule has 5 heteroatoms. The molecular formula is C18H16N2O2S. The van der Waals surface area contributed by atoms with Crippen LogP contribution in [0.15, 0.2) is 47.8 Å². The monoisotopic (exact) mass is 324 g/mol. The maximum Gasteiger partial charge on any atom is 0.416 e. The fourth-order valence-corrected chi connectivity index (χ4v) is 3.78. The Morgan fingerprint density at radius 3 is 2.70 bits per heavy atom. The summed E-state index contributed by atoms with van der Waals surface area (Å²) in [5.74, 6) is 0. The molecular weight excluding hydrogens is 308 g/mol. The van der Waals surface area contributed by atoms with Crippen LogP contribution in [0.1, 0.15) is 13.8 Å². The number of rotatable bonds is 2. The van der Waals surface area contributed by atoms with Crippen molar-refractivity contribution in [2.75, 3.05) is 11.5 Å². The SMILES string of the molecule is CC1(C)COC(=O)N1c1nc(-c2ccc3ccccc3c2)cs1. The average Bonchev–Trinajstić information content (AvgIpc) is 3.11. The highest BCUT2D eigenvalue weighted by Crippen LogP contribution is 2.35. The smallest absolute Gasteiger partial charge is 0.416 e. The van der Waals surface area contributed by atoms with Gasteiger partial charge in [-0.1, -0.05) is 36.4 Å². The van der Waals surface area contributed by atoms with E-state index >= 15 is 0 Å². The summed E-state index contributed by atoms with van der Waals surface area (Å²) >= 11 is 1.47. The summed E-state index contributed by atoms with van der Waals surface area (Å²) in [6, 6.07) is 14.5. The fourth-order valence-electron chi connectivity index (χ4n) is 2.80. The molecule has 1 aliphatic heterocycles. The zero-order valence-electron chi connectivity index (χ0n) is 12.9. The number of benzene rings is 2. The molecule has 3 aromatic rings. The minimum atomic E-state index is -0.365. The van der Waals surface area contributed by atoms with Gasteiger partial charge in [-0.3, -0.25) is 0 Å². The van der Waals surface area contributed by atoms with Crippen LogP contribution in [0.4, 0.5) is 9.93 Å². The Bertz CT molecular complexity index is 901. The minimum absolute atomic E-state index is 0.325. The fraction of sp³-hybridized carbons (Fsp3) is 0.222. The van der Waals surface area contributed by atoms with Gasteiger partial charge in [-0.05, 0) is 30.7 Å². The molecule has 0 atom stereocenters.